The summed E-state index contributed by atoms with van der Waals surface area (Å²) >= 11 is 3.16. The van der Waals surface area contributed by atoms with Gasteiger partial charge in [0.05, 0.1) is 17.1 Å². The second-order valence-corrected chi connectivity index (χ2v) is 3.99. The number of halogens is 1. The van der Waals surface area contributed by atoms with Crippen molar-refractivity contribution in [3.8, 4) is 0 Å². The van der Waals surface area contributed by atoms with Crippen molar-refractivity contribution >= 4 is 21.6 Å². The molecule has 0 bridgehead atoms. The van der Waals surface area contributed by atoms with E-state index in [1.165, 1.54) is 0 Å². The van der Waals surface area contributed by atoms with E-state index in [0.717, 1.165) is 0 Å². The molecule has 1 unspecified atom stereocenters. The van der Waals surface area contributed by atoms with Gasteiger partial charge in [-0.2, -0.15) is 0 Å². The van der Waals surface area contributed by atoms with Gasteiger partial charge in [-0.05, 0) is 28.9 Å². The van der Waals surface area contributed by atoms with Crippen molar-refractivity contribution in [3.05, 3.63) is 27.1 Å². The van der Waals surface area contributed by atoms with Crippen LogP contribution in [0.2, 0.25) is 0 Å². The van der Waals surface area contributed by atoms with Crippen LogP contribution in [0.3, 0.4) is 0 Å². The molecule has 1 aromatic rings. The fourth-order valence-corrected chi connectivity index (χ4v) is 1.71. The molecule has 78 valence electrons. The molecule has 4 nitrogen and oxygen atoms in total. The molecule has 0 amide bonds. The molecule has 1 heterocycles. The highest BCUT2D eigenvalue weighted by molar-refractivity contribution is 9.10. The topological polar surface area (TPSA) is 57.2 Å². The van der Waals surface area contributed by atoms with Gasteiger partial charge in [-0.15, -0.1) is 0 Å². The molecule has 1 rings (SSSR count). The number of nitrogen functional groups attached to an aromatic ring is 1. The SMILES string of the molecule is COCC(C)n1cc(N)cc(Br)c1=O. The van der Waals surface area contributed by atoms with Gasteiger partial charge in [0.2, 0.25) is 0 Å². The molecule has 0 radical (unpaired) electrons. The molecule has 0 saturated carbocycles. The Kier molecular flexibility index (Phi) is 3.71. The van der Waals surface area contributed by atoms with Gasteiger partial charge < -0.3 is 15.0 Å². The van der Waals surface area contributed by atoms with Crippen LogP contribution in [0.25, 0.3) is 0 Å². The fourth-order valence-electron chi connectivity index (χ4n) is 1.24. The minimum Gasteiger partial charge on any atom is -0.398 e. The van der Waals surface area contributed by atoms with Gasteiger partial charge in [-0.25, -0.2) is 0 Å². The van der Waals surface area contributed by atoms with Crippen LogP contribution in [0.15, 0.2) is 21.5 Å². The van der Waals surface area contributed by atoms with Gasteiger partial charge >= 0.3 is 0 Å². The van der Waals surface area contributed by atoms with Crippen LogP contribution in [0.1, 0.15) is 13.0 Å². The van der Waals surface area contributed by atoms with Crippen molar-refractivity contribution in [2.75, 3.05) is 19.5 Å². The molecule has 0 aliphatic rings. The lowest BCUT2D eigenvalue weighted by Crippen LogP contribution is -2.26. The van der Waals surface area contributed by atoms with E-state index in [2.05, 4.69) is 15.9 Å². The first-order valence-corrected chi connectivity index (χ1v) is 5.01. The van der Waals surface area contributed by atoms with Crippen LogP contribution in [-0.4, -0.2) is 18.3 Å². The van der Waals surface area contributed by atoms with Crippen molar-refractivity contribution < 1.29 is 4.74 Å². The fraction of sp³-hybridized carbons (Fsp3) is 0.444. The van der Waals surface area contributed by atoms with Crippen molar-refractivity contribution in [3.63, 3.8) is 0 Å². The van der Waals surface area contributed by atoms with Crippen molar-refractivity contribution in [1.29, 1.82) is 0 Å². The Hall–Kier alpha value is -0.810. The number of anilines is 1. The van der Waals surface area contributed by atoms with E-state index in [4.69, 9.17) is 10.5 Å². The summed E-state index contributed by atoms with van der Waals surface area (Å²) in [5.74, 6) is 0. The third-order valence-electron chi connectivity index (χ3n) is 1.90. The summed E-state index contributed by atoms with van der Waals surface area (Å²) in [5.41, 5.74) is 6.09. The quantitative estimate of drug-likeness (QED) is 0.894. The molecule has 0 aliphatic carbocycles. The van der Waals surface area contributed by atoms with Gasteiger partial charge in [0.25, 0.3) is 5.56 Å². The molecular weight excluding hydrogens is 248 g/mol. The van der Waals surface area contributed by atoms with Crippen LogP contribution in [0.5, 0.6) is 0 Å². The van der Waals surface area contributed by atoms with Crippen LogP contribution < -0.4 is 11.3 Å². The second-order valence-electron chi connectivity index (χ2n) is 3.14. The number of hydrogen-bond acceptors (Lipinski definition) is 3. The number of pyridine rings is 1. The van der Waals surface area contributed by atoms with Crippen LogP contribution >= 0.6 is 15.9 Å². The smallest absolute Gasteiger partial charge is 0.265 e. The molecule has 5 heteroatoms. The van der Waals surface area contributed by atoms with E-state index in [0.29, 0.717) is 16.8 Å². The maximum absolute atomic E-state index is 11.6. The summed E-state index contributed by atoms with van der Waals surface area (Å²) in [4.78, 5) is 11.6. The van der Waals surface area contributed by atoms with E-state index in [1.54, 1.807) is 23.9 Å². The lowest BCUT2D eigenvalue weighted by molar-refractivity contribution is 0.161. The average molecular weight is 261 g/mol. The average Bonchev–Trinajstić information content (AvgIpc) is 2.11. The molecule has 14 heavy (non-hydrogen) atoms. The first-order chi connectivity index (χ1) is 6.56. The zero-order chi connectivity index (χ0) is 10.7. The summed E-state index contributed by atoms with van der Waals surface area (Å²) in [5, 5.41) is 0. The number of hydrogen-bond donors (Lipinski definition) is 1. The van der Waals surface area contributed by atoms with Crippen molar-refractivity contribution in [2.24, 2.45) is 0 Å². The van der Waals surface area contributed by atoms with E-state index in [9.17, 15) is 4.79 Å². The summed E-state index contributed by atoms with van der Waals surface area (Å²) in [6, 6.07) is 1.57. The van der Waals surface area contributed by atoms with Gasteiger partial charge in [-0.1, -0.05) is 0 Å². The second kappa shape index (κ2) is 4.61. The third-order valence-corrected chi connectivity index (χ3v) is 2.47. The number of aromatic nitrogens is 1. The molecule has 0 aliphatic heterocycles. The first-order valence-electron chi connectivity index (χ1n) is 4.22. The minimum absolute atomic E-state index is 0.0210. The normalized spacial score (nSPS) is 12.8. The molecule has 1 aromatic heterocycles. The summed E-state index contributed by atoms with van der Waals surface area (Å²) in [6.07, 6.45) is 1.62. The van der Waals surface area contributed by atoms with Crippen molar-refractivity contribution in [1.82, 2.24) is 4.57 Å². The lowest BCUT2D eigenvalue weighted by Gasteiger charge is -2.14. The van der Waals surface area contributed by atoms with E-state index < -0.39 is 0 Å². The van der Waals surface area contributed by atoms with E-state index in [-0.39, 0.29) is 11.6 Å². The molecular formula is C9H13BrN2O2. The molecule has 0 saturated heterocycles. The predicted octanol–water partition coefficient (Wildman–Crippen LogP) is 1.40. The maximum Gasteiger partial charge on any atom is 0.265 e. The number of methoxy groups -OCH3 is 1. The van der Waals surface area contributed by atoms with Crippen LogP contribution in [0.4, 0.5) is 5.69 Å². The van der Waals surface area contributed by atoms with Gasteiger partial charge in [0.15, 0.2) is 0 Å². The number of nitrogens with two attached hydrogens (primary N) is 1. The van der Waals surface area contributed by atoms with Crippen LogP contribution in [0, 0.1) is 0 Å². The Labute approximate surface area is 90.8 Å². The molecule has 0 aromatic carbocycles. The van der Waals surface area contributed by atoms with E-state index >= 15 is 0 Å². The van der Waals surface area contributed by atoms with Gasteiger partial charge in [0.1, 0.15) is 0 Å². The van der Waals surface area contributed by atoms with Gasteiger partial charge in [0, 0.05) is 19.0 Å². The third kappa shape index (κ3) is 2.36. The Balaban J connectivity index is 3.13. The first kappa shape index (κ1) is 11.3. The van der Waals surface area contributed by atoms with Crippen LogP contribution in [-0.2, 0) is 4.74 Å². The molecule has 0 spiro atoms. The highest BCUT2D eigenvalue weighted by atomic mass is 79.9. The van der Waals surface area contributed by atoms with Gasteiger partial charge in [-0.3, -0.25) is 4.79 Å². The summed E-state index contributed by atoms with van der Waals surface area (Å²) in [6.45, 7) is 2.38. The number of nitrogens with zero attached hydrogens (tertiary/aromatic N) is 1. The Morgan fingerprint density at radius 1 is 1.71 bits per heavy atom. The predicted molar refractivity (Wildman–Crippen MR) is 59.4 cm³/mol. The van der Waals surface area contributed by atoms with E-state index in [1.807, 2.05) is 6.92 Å². The molecule has 0 fully saturated rings. The highest BCUT2D eigenvalue weighted by Gasteiger charge is 2.09. The minimum atomic E-state index is -0.0937. The Morgan fingerprint density at radius 2 is 2.36 bits per heavy atom. The number of rotatable bonds is 3. The maximum atomic E-state index is 11.6. The summed E-state index contributed by atoms with van der Waals surface area (Å²) < 4.78 is 7.01. The summed E-state index contributed by atoms with van der Waals surface area (Å²) in [7, 11) is 1.60. The Morgan fingerprint density at radius 3 is 2.93 bits per heavy atom. The number of ether oxygens (including phenoxy) is 1. The molecule has 2 N–H and O–H groups in total. The van der Waals surface area contributed by atoms with Crippen molar-refractivity contribution in [2.45, 2.75) is 13.0 Å². The zero-order valence-corrected chi connectivity index (χ0v) is 9.74. The largest absolute Gasteiger partial charge is 0.398 e. The Bertz CT molecular complexity index is 376. The highest BCUT2D eigenvalue weighted by Crippen LogP contribution is 2.12. The molecule has 1 atom stereocenters. The lowest BCUT2D eigenvalue weighted by atomic mass is 10.3. The zero-order valence-electron chi connectivity index (χ0n) is 8.16. The monoisotopic (exact) mass is 260 g/mol. The standard InChI is InChI=1S/C9H13BrN2O2/c1-6(5-14-2)12-4-7(11)3-8(10)9(12)13/h3-4,6H,5,11H2,1-2H3.